The molecule has 172 valence electrons. The number of aromatic nitrogens is 2. The summed E-state index contributed by atoms with van der Waals surface area (Å²) in [6.07, 6.45) is 5.27. The zero-order valence-electron chi connectivity index (χ0n) is 19.0. The lowest BCUT2D eigenvalue weighted by Gasteiger charge is -2.08. The van der Waals surface area contributed by atoms with Gasteiger partial charge < -0.3 is 0 Å². The predicted octanol–water partition coefficient (Wildman–Crippen LogP) is 5.08. The minimum Gasteiger partial charge on any atom is -0.299 e. The highest BCUT2D eigenvalue weighted by Crippen LogP contribution is 2.48. The zero-order valence-corrected chi connectivity index (χ0v) is 19.8. The van der Waals surface area contributed by atoms with Crippen LogP contribution in [0.25, 0.3) is 10.8 Å². The van der Waals surface area contributed by atoms with E-state index in [9.17, 15) is 13.2 Å². The van der Waals surface area contributed by atoms with Gasteiger partial charge in [-0.1, -0.05) is 55.5 Å². The summed E-state index contributed by atoms with van der Waals surface area (Å²) < 4.78 is 25.4. The fourth-order valence-corrected chi connectivity index (χ4v) is 5.84. The summed E-state index contributed by atoms with van der Waals surface area (Å²) in [5.74, 6) is 0.449. The van der Waals surface area contributed by atoms with E-state index in [4.69, 9.17) is 0 Å². The van der Waals surface area contributed by atoms with Gasteiger partial charge in [-0.15, -0.1) is 0 Å². The Morgan fingerprint density at radius 3 is 2.47 bits per heavy atom. The van der Waals surface area contributed by atoms with E-state index in [1.807, 2.05) is 18.2 Å². The van der Waals surface area contributed by atoms with Crippen LogP contribution in [0.2, 0.25) is 0 Å². The number of fused-ring (bicyclic) bond motifs is 1. The molecule has 0 radical (unpaired) electrons. The highest BCUT2D eigenvalue weighted by molar-refractivity contribution is 7.90. The first-order chi connectivity index (χ1) is 16.4. The molecule has 6 heteroatoms. The summed E-state index contributed by atoms with van der Waals surface area (Å²) >= 11 is 0. The quantitative estimate of drug-likeness (QED) is 0.359. The molecule has 34 heavy (non-hydrogen) atoms. The molecule has 1 fully saturated rings. The first kappa shape index (κ1) is 22.4. The molecule has 0 spiro atoms. The van der Waals surface area contributed by atoms with E-state index in [1.165, 1.54) is 28.7 Å². The molecule has 0 amide bonds. The molecule has 5 nitrogen and oxygen atoms in total. The molecule has 2 atom stereocenters. The van der Waals surface area contributed by atoms with Crippen molar-refractivity contribution in [1.82, 2.24) is 9.97 Å². The molecule has 1 unspecified atom stereocenters. The number of aryl methyl sites for hydroxylation is 1. The largest absolute Gasteiger partial charge is 0.299 e. The number of sulfone groups is 1. The van der Waals surface area contributed by atoms with Gasteiger partial charge >= 0.3 is 0 Å². The highest BCUT2D eigenvalue weighted by Gasteiger charge is 2.43. The minimum atomic E-state index is -3.52. The van der Waals surface area contributed by atoms with Crippen LogP contribution in [0.3, 0.4) is 0 Å². The Bertz CT molecular complexity index is 1450. The predicted molar refractivity (Wildman–Crippen MR) is 132 cm³/mol. The van der Waals surface area contributed by atoms with Crippen LogP contribution in [0.15, 0.2) is 84.0 Å². The maximum absolute atomic E-state index is 13.0. The Labute approximate surface area is 199 Å². The summed E-state index contributed by atoms with van der Waals surface area (Å²) in [6.45, 7) is 2.15. The average Bonchev–Trinajstić information content (AvgIpc) is 3.65. The Balaban J connectivity index is 1.25. The van der Waals surface area contributed by atoms with Gasteiger partial charge in [-0.2, -0.15) is 0 Å². The van der Waals surface area contributed by atoms with Crippen molar-refractivity contribution in [3.8, 4) is 0 Å². The van der Waals surface area contributed by atoms with E-state index in [-0.39, 0.29) is 34.1 Å². The maximum atomic E-state index is 13.0. The van der Waals surface area contributed by atoms with Crippen LogP contribution < -0.4 is 0 Å². The third kappa shape index (κ3) is 4.64. The molecule has 1 saturated carbocycles. The topological polar surface area (TPSA) is 77.0 Å². The summed E-state index contributed by atoms with van der Waals surface area (Å²) in [6, 6.07) is 21.2. The Hall–Kier alpha value is -3.38. The molecule has 4 aromatic rings. The van der Waals surface area contributed by atoms with E-state index < -0.39 is 9.84 Å². The fraction of sp³-hybridized carbons (Fsp3) is 0.250. The van der Waals surface area contributed by atoms with E-state index in [1.54, 1.807) is 18.2 Å². The summed E-state index contributed by atoms with van der Waals surface area (Å²) in [7, 11) is -3.52. The van der Waals surface area contributed by atoms with E-state index >= 15 is 0 Å². The molecule has 1 aromatic heterocycles. The van der Waals surface area contributed by atoms with Crippen LogP contribution in [0, 0.1) is 5.92 Å². The van der Waals surface area contributed by atoms with Crippen molar-refractivity contribution < 1.29 is 13.2 Å². The van der Waals surface area contributed by atoms with Gasteiger partial charge in [0.25, 0.3) is 0 Å². The Kier molecular flexibility index (Phi) is 6.00. The van der Waals surface area contributed by atoms with Crippen molar-refractivity contribution in [1.29, 1.82) is 0 Å². The van der Waals surface area contributed by atoms with Crippen LogP contribution in [-0.2, 0) is 33.2 Å². The van der Waals surface area contributed by atoms with Gasteiger partial charge in [0.05, 0.1) is 4.90 Å². The third-order valence-electron chi connectivity index (χ3n) is 6.61. The average molecular weight is 471 g/mol. The lowest BCUT2D eigenvalue weighted by Crippen LogP contribution is -2.08. The van der Waals surface area contributed by atoms with E-state index in [0.29, 0.717) is 6.42 Å². The summed E-state index contributed by atoms with van der Waals surface area (Å²) in [4.78, 5) is 21.2. The highest BCUT2D eigenvalue weighted by atomic mass is 32.2. The molecule has 0 aliphatic heterocycles. The van der Waals surface area contributed by atoms with E-state index in [0.717, 1.165) is 24.0 Å². The molecule has 5 rings (SSSR count). The lowest BCUT2D eigenvalue weighted by atomic mass is 9.97. The van der Waals surface area contributed by atoms with Crippen LogP contribution in [-0.4, -0.2) is 24.2 Å². The molecule has 0 N–H and O–H groups in total. The molecule has 1 aliphatic carbocycles. The second kappa shape index (κ2) is 9.11. The monoisotopic (exact) mass is 470 g/mol. The fourth-order valence-electron chi connectivity index (χ4n) is 4.63. The molecular formula is C28H26N2O3S. The van der Waals surface area contributed by atoms with Crippen LogP contribution in [0.1, 0.15) is 41.8 Å². The SMILES string of the molecule is CCc1cccc2ccc(CC(=O)[C@@H]3CC3c3ccc(S(=O)(=O)Cc4ncccn4)cc3)cc12. The summed E-state index contributed by atoms with van der Waals surface area (Å²) in [5.41, 5.74) is 3.36. The minimum absolute atomic E-state index is 0.00251. The van der Waals surface area contributed by atoms with Crippen LogP contribution in [0.4, 0.5) is 0 Å². The standard InChI is InChI=1S/C28H26N2O3S/c1-2-20-5-3-6-21-8-7-19(15-24(20)21)16-27(31)26-17-25(26)22-9-11-23(12-10-22)34(32,33)18-28-29-13-4-14-30-28/h3-15,25-26H,2,16-18H2,1H3/t25?,26-/m1/s1. The number of Topliss-reactive ketones (excluding diaryl/α,β-unsaturated/α-hetero) is 1. The number of hydrogen-bond donors (Lipinski definition) is 0. The van der Waals surface area contributed by atoms with Crippen molar-refractivity contribution in [3.63, 3.8) is 0 Å². The number of carbonyl (C=O) groups excluding carboxylic acids is 1. The number of ketones is 1. The normalized spacial score (nSPS) is 17.6. The van der Waals surface area contributed by atoms with Gasteiger partial charge in [-0.05, 0) is 64.4 Å². The second-order valence-corrected chi connectivity index (χ2v) is 10.9. The van der Waals surface area contributed by atoms with Gasteiger partial charge in [0, 0.05) is 24.7 Å². The first-order valence-electron chi connectivity index (χ1n) is 11.6. The molecule has 3 aromatic carbocycles. The number of carbonyl (C=O) groups is 1. The van der Waals surface area contributed by atoms with Crippen molar-refractivity contribution in [2.75, 3.05) is 0 Å². The van der Waals surface area contributed by atoms with Gasteiger partial charge in [-0.3, -0.25) is 4.79 Å². The van der Waals surface area contributed by atoms with Crippen LogP contribution >= 0.6 is 0 Å². The van der Waals surface area contributed by atoms with Crippen molar-refractivity contribution >= 4 is 26.4 Å². The third-order valence-corrected chi connectivity index (χ3v) is 8.23. The molecular weight excluding hydrogens is 444 g/mol. The maximum Gasteiger partial charge on any atom is 0.185 e. The van der Waals surface area contributed by atoms with Crippen molar-refractivity contribution in [2.24, 2.45) is 5.92 Å². The lowest BCUT2D eigenvalue weighted by molar-refractivity contribution is -0.119. The van der Waals surface area contributed by atoms with Gasteiger partial charge in [0.2, 0.25) is 0 Å². The Morgan fingerprint density at radius 2 is 1.74 bits per heavy atom. The molecule has 0 bridgehead atoms. The molecule has 0 saturated heterocycles. The van der Waals surface area contributed by atoms with Gasteiger partial charge in [0.1, 0.15) is 17.4 Å². The molecule has 1 heterocycles. The van der Waals surface area contributed by atoms with Crippen molar-refractivity contribution in [2.45, 2.75) is 42.8 Å². The number of benzene rings is 3. The van der Waals surface area contributed by atoms with Crippen LogP contribution in [0.5, 0.6) is 0 Å². The number of hydrogen-bond acceptors (Lipinski definition) is 5. The Morgan fingerprint density at radius 1 is 0.971 bits per heavy atom. The number of nitrogens with zero attached hydrogens (tertiary/aromatic N) is 2. The molecule has 1 aliphatic rings. The summed E-state index contributed by atoms with van der Waals surface area (Å²) in [5, 5.41) is 2.43. The van der Waals surface area contributed by atoms with Crippen molar-refractivity contribution in [3.05, 3.63) is 102 Å². The van der Waals surface area contributed by atoms with Gasteiger partial charge in [-0.25, -0.2) is 18.4 Å². The number of rotatable bonds is 8. The second-order valence-electron chi connectivity index (χ2n) is 8.91. The first-order valence-corrected chi connectivity index (χ1v) is 13.2. The zero-order chi connectivity index (χ0) is 23.7. The van der Waals surface area contributed by atoms with E-state index in [2.05, 4.69) is 47.2 Å². The van der Waals surface area contributed by atoms with Gasteiger partial charge in [0.15, 0.2) is 9.84 Å². The smallest absolute Gasteiger partial charge is 0.185 e.